The summed E-state index contributed by atoms with van der Waals surface area (Å²) in [6.07, 6.45) is -1.76. The van der Waals surface area contributed by atoms with Crippen molar-refractivity contribution in [2.24, 2.45) is 0 Å². The van der Waals surface area contributed by atoms with Gasteiger partial charge < -0.3 is 5.32 Å². The third kappa shape index (κ3) is 3.74. The van der Waals surface area contributed by atoms with Crippen molar-refractivity contribution in [1.82, 2.24) is 19.7 Å². The molecule has 6 nitrogen and oxygen atoms in total. The molecule has 2 heterocycles. The van der Waals surface area contributed by atoms with E-state index in [1.807, 2.05) is 0 Å². The molecule has 0 fully saturated rings. The van der Waals surface area contributed by atoms with Gasteiger partial charge in [0.05, 0.1) is 22.6 Å². The minimum atomic E-state index is -4.57. The number of carbonyl (C=O) groups is 1. The van der Waals surface area contributed by atoms with Crippen molar-refractivity contribution in [3.8, 4) is 5.69 Å². The van der Waals surface area contributed by atoms with Crippen molar-refractivity contribution in [2.75, 3.05) is 5.32 Å². The predicted molar refractivity (Wildman–Crippen MR) is 91.0 cm³/mol. The predicted octanol–water partition coefficient (Wildman–Crippen LogP) is 4.00. The molecule has 0 saturated heterocycles. The Hall–Kier alpha value is -2.75. The zero-order chi connectivity index (χ0) is 18.9. The van der Waals surface area contributed by atoms with Gasteiger partial charge in [-0.15, -0.1) is 0 Å². The fourth-order valence-corrected chi connectivity index (χ4v) is 2.65. The van der Waals surface area contributed by atoms with E-state index in [1.165, 1.54) is 24.3 Å². The molecule has 0 aliphatic carbocycles. The van der Waals surface area contributed by atoms with Crippen LogP contribution in [0.15, 0.2) is 47.5 Å². The van der Waals surface area contributed by atoms with Gasteiger partial charge >= 0.3 is 6.18 Å². The summed E-state index contributed by atoms with van der Waals surface area (Å²) in [5.41, 5.74) is -0.0554. The number of hydrogen-bond donors (Lipinski definition) is 1. The Kier molecular flexibility index (Phi) is 4.77. The summed E-state index contributed by atoms with van der Waals surface area (Å²) in [6.45, 7) is 1.35. The number of anilines is 1. The zero-order valence-electron chi connectivity index (χ0n) is 13.3. The Labute approximate surface area is 154 Å². The monoisotopic (exact) mass is 425 g/mol. The Balaban J connectivity index is 1.93. The normalized spacial score (nSPS) is 11.4. The maximum atomic E-state index is 12.7. The van der Waals surface area contributed by atoms with E-state index in [1.54, 1.807) is 18.2 Å². The van der Waals surface area contributed by atoms with Crippen LogP contribution in [0.4, 0.5) is 18.9 Å². The lowest BCUT2D eigenvalue weighted by molar-refractivity contribution is -0.141. The SMILES string of the molecule is Cc1nc(C(F)(F)F)ccc1C(=O)Nc1cc(Br)ccc1-n1cncn1. The molecule has 0 radical (unpaired) electrons. The molecule has 10 heteroatoms. The molecule has 0 aliphatic heterocycles. The van der Waals surface area contributed by atoms with Crippen LogP contribution < -0.4 is 5.32 Å². The Bertz CT molecular complexity index is 957. The lowest BCUT2D eigenvalue weighted by Crippen LogP contribution is -2.17. The van der Waals surface area contributed by atoms with E-state index in [2.05, 4.69) is 36.3 Å². The van der Waals surface area contributed by atoms with Gasteiger partial charge in [-0.2, -0.15) is 18.3 Å². The maximum Gasteiger partial charge on any atom is 0.433 e. The third-order valence-electron chi connectivity index (χ3n) is 3.49. The maximum absolute atomic E-state index is 12.7. The highest BCUT2D eigenvalue weighted by Gasteiger charge is 2.33. The number of benzene rings is 1. The summed E-state index contributed by atoms with van der Waals surface area (Å²) in [5, 5.41) is 6.69. The number of halogens is 4. The van der Waals surface area contributed by atoms with Crippen LogP contribution in [0.3, 0.4) is 0 Å². The van der Waals surface area contributed by atoms with Gasteiger partial charge in [0.15, 0.2) is 0 Å². The zero-order valence-corrected chi connectivity index (χ0v) is 14.8. The largest absolute Gasteiger partial charge is 0.433 e. The number of amides is 1. The first-order chi connectivity index (χ1) is 12.3. The van der Waals surface area contributed by atoms with E-state index in [0.29, 0.717) is 15.8 Å². The summed E-state index contributed by atoms with van der Waals surface area (Å²) in [7, 11) is 0. The molecule has 0 aliphatic rings. The summed E-state index contributed by atoms with van der Waals surface area (Å²) >= 11 is 3.32. The number of carbonyl (C=O) groups excluding carboxylic acids is 1. The van der Waals surface area contributed by atoms with Crippen LogP contribution in [-0.2, 0) is 6.18 Å². The van der Waals surface area contributed by atoms with E-state index in [4.69, 9.17) is 0 Å². The molecular formula is C16H11BrF3N5O. The van der Waals surface area contributed by atoms with Gasteiger partial charge in [0, 0.05) is 4.47 Å². The van der Waals surface area contributed by atoms with E-state index in [0.717, 1.165) is 12.1 Å². The van der Waals surface area contributed by atoms with Crippen molar-refractivity contribution in [3.05, 3.63) is 64.4 Å². The number of rotatable bonds is 3. The van der Waals surface area contributed by atoms with E-state index in [-0.39, 0.29) is 11.3 Å². The number of nitrogens with zero attached hydrogens (tertiary/aromatic N) is 4. The van der Waals surface area contributed by atoms with Gasteiger partial charge in [-0.1, -0.05) is 15.9 Å². The number of alkyl halides is 3. The molecule has 26 heavy (non-hydrogen) atoms. The fraction of sp³-hybridized carbons (Fsp3) is 0.125. The van der Waals surface area contributed by atoms with Gasteiger partial charge in [-0.25, -0.2) is 14.6 Å². The van der Waals surface area contributed by atoms with Crippen LogP contribution in [0.1, 0.15) is 21.7 Å². The first kappa shape index (κ1) is 18.1. The molecule has 0 spiro atoms. The number of aryl methyl sites for hydroxylation is 1. The number of aromatic nitrogens is 4. The second-order valence-electron chi connectivity index (χ2n) is 5.28. The van der Waals surface area contributed by atoms with E-state index >= 15 is 0 Å². The molecule has 0 unspecified atom stereocenters. The van der Waals surface area contributed by atoms with Crippen molar-refractivity contribution in [2.45, 2.75) is 13.1 Å². The molecular weight excluding hydrogens is 415 g/mol. The summed E-state index contributed by atoms with van der Waals surface area (Å²) in [6, 6.07) is 7.01. The topological polar surface area (TPSA) is 72.7 Å². The highest BCUT2D eigenvalue weighted by molar-refractivity contribution is 9.10. The molecule has 134 valence electrons. The minimum absolute atomic E-state index is 0.0189. The molecule has 1 N–H and O–H groups in total. The quantitative estimate of drug-likeness (QED) is 0.687. The van der Waals surface area contributed by atoms with Crippen molar-refractivity contribution < 1.29 is 18.0 Å². The highest BCUT2D eigenvalue weighted by atomic mass is 79.9. The second-order valence-corrected chi connectivity index (χ2v) is 6.20. The smallest absolute Gasteiger partial charge is 0.320 e. The van der Waals surface area contributed by atoms with Crippen molar-refractivity contribution >= 4 is 27.5 Å². The molecule has 1 aromatic carbocycles. The standard InChI is InChI=1S/C16H11BrF3N5O/c1-9-11(3-5-14(23-9)16(18,19)20)15(26)24-12-6-10(17)2-4-13(12)25-8-21-7-22-25/h2-8H,1H3,(H,24,26). The van der Waals surface area contributed by atoms with Gasteiger partial charge in [-0.05, 0) is 37.3 Å². The van der Waals surface area contributed by atoms with Crippen molar-refractivity contribution in [3.63, 3.8) is 0 Å². The summed E-state index contributed by atoms with van der Waals surface area (Å²) < 4.78 is 40.3. The minimum Gasteiger partial charge on any atom is -0.320 e. The van der Waals surface area contributed by atoms with Gasteiger partial charge in [0.2, 0.25) is 0 Å². The molecule has 2 aromatic heterocycles. The lowest BCUT2D eigenvalue weighted by atomic mass is 10.1. The van der Waals surface area contributed by atoms with E-state index in [9.17, 15) is 18.0 Å². The molecule has 0 saturated carbocycles. The summed E-state index contributed by atoms with van der Waals surface area (Å²) in [5.74, 6) is -0.580. The van der Waals surface area contributed by atoms with Gasteiger partial charge in [-0.3, -0.25) is 4.79 Å². The molecule has 3 rings (SSSR count). The third-order valence-corrected chi connectivity index (χ3v) is 3.99. The Morgan fingerprint density at radius 2 is 2.00 bits per heavy atom. The number of hydrogen-bond acceptors (Lipinski definition) is 4. The van der Waals surface area contributed by atoms with Crippen LogP contribution in [0.2, 0.25) is 0 Å². The van der Waals surface area contributed by atoms with Crippen LogP contribution >= 0.6 is 15.9 Å². The average molecular weight is 426 g/mol. The van der Waals surface area contributed by atoms with Crippen LogP contribution in [0, 0.1) is 6.92 Å². The average Bonchev–Trinajstić information content (AvgIpc) is 3.08. The first-order valence-corrected chi connectivity index (χ1v) is 8.06. The molecule has 1 amide bonds. The molecule has 3 aromatic rings. The summed E-state index contributed by atoms with van der Waals surface area (Å²) in [4.78, 5) is 19.9. The van der Waals surface area contributed by atoms with Crippen LogP contribution in [-0.4, -0.2) is 25.7 Å². The van der Waals surface area contributed by atoms with Crippen LogP contribution in [0.25, 0.3) is 5.69 Å². The van der Waals surface area contributed by atoms with Crippen LogP contribution in [0.5, 0.6) is 0 Å². The molecule has 0 bridgehead atoms. The van der Waals surface area contributed by atoms with E-state index < -0.39 is 17.8 Å². The van der Waals surface area contributed by atoms with Crippen molar-refractivity contribution in [1.29, 1.82) is 0 Å². The second kappa shape index (κ2) is 6.87. The fourth-order valence-electron chi connectivity index (χ4n) is 2.29. The Morgan fingerprint density at radius 1 is 1.23 bits per heavy atom. The Morgan fingerprint density at radius 3 is 2.62 bits per heavy atom. The first-order valence-electron chi connectivity index (χ1n) is 7.26. The van der Waals surface area contributed by atoms with Gasteiger partial charge in [0.25, 0.3) is 5.91 Å². The highest BCUT2D eigenvalue weighted by Crippen LogP contribution is 2.29. The number of pyridine rings is 1. The lowest BCUT2D eigenvalue weighted by Gasteiger charge is -2.13. The van der Waals surface area contributed by atoms with Gasteiger partial charge in [0.1, 0.15) is 18.3 Å². The number of nitrogens with one attached hydrogen (secondary N) is 1. The molecule has 0 atom stereocenters.